The Kier molecular flexibility index (Phi) is 6.27. The first-order chi connectivity index (χ1) is 8.84. The van der Waals surface area contributed by atoms with E-state index in [1.165, 1.54) is 19.3 Å². The Labute approximate surface area is 118 Å². The average molecular weight is 269 g/mol. The Balaban J connectivity index is 2.52. The van der Waals surface area contributed by atoms with Gasteiger partial charge in [-0.2, -0.15) is 0 Å². The van der Waals surface area contributed by atoms with Crippen LogP contribution in [-0.4, -0.2) is 42.5 Å². The molecule has 1 aliphatic rings. The number of nitrogens with zero attached hydrogens (tertiary/aromatic N) is 1. The lowest BCUT2D eigenvalue weighted by molar-refractivity contribution is -0.122. The van der Waals surface area contributed by atoms with Crippen molar-refractivity contribution in [3.05, 3.63) is 0 Å². The Bertz CT molecular complexity index is 289. The summed E-state index contributed by atoms with van der Waals surface area (Å²) in [6, 6.07) is 0.390. The number of nitrogens with two attached hydrogens (primary N) is 1. The lowest BCUT2D eigenvalue weighted by Crippen LogP contribution is -2.45. The molecule has 3 N–H and O–H groups in total. The molecule has 19 heavy (non-hydrogen) atoms. The molecule has 0 spiro atoms. The number of carbonyl (C=O) groups is 1. The third-order valence-electron chi connectivity index (χ3n) is 4.03. The van der Waals surface area contributed by atoms with Gasteiger partial charge in [0.05, 0.1) is 0 Å². The number of carbonyl (C=O) groups excluding carboxylic acids is 1. The van der Waals surface area contributed by atoms with Gasteiger partial charge in [0.15, 0.2) is 0 Å². The monoisotopic (exact) mass is 269 g/mol. The number of hydrogen-bond acceptors (Lipinski definition) is 3. The van der Waals surface area contributed by atoms with Crippen LogP contribution < -0.4 is 11.1 Å². The van der Waals surface area contributed by atoms with Crippen molar-refractivity contribution >= 4 is 5.91 Å². The van der Waals surface area contributed by atoms with Gasteiger partial charge in [0.2, 0.25) is 5.91 Å². The Morgan fingerprint density at radius 1 is 1.32 bits per heavy atom. The van der Waals surface area contributed by atoms with Gasteiger partial charge in [-0.25, -0.2) is 0 Å². The van der Waals surface area contributed by atoms with Crippen LogP contribution in [0.25, 0.3) is 0 Å². The average Bonchev–Trinajstić information content (AvgIpc) is 2.46. The summed E-state index contributed by atoms with van der Waals surface area (Å²) in [5.41, 5.74) is 6.30. The van der Waals surface area contributed by atoms with Gasteiger partial charge in [-0.1, -0.05) is 13.8 Å². The lowest BCUT2D eigenvalue weighted by atomic mass is 9.85. The summed E-state index contributed by atoms with van der Waals surface area (Å²) in [4.78, 5) is 14.3. The summed E-state index contributed by atoms with van der Waals surface area (Å²) in [5.74, 6) is 0.119. The summed E-state index contributed by atoms with van der Waals surface area (Å²) in [6.45, 7) is 11.3. The van der Waals surface area contributed by atoms with Gasteiger partial charge in [-0.3, -0.25) is 9.69 Å². The summed E-state index contributed by atoms with van der Waals surface area (Å²) in [6.07, 6.45) is 4.18. The smallest absolute Gasteiger partial charge is 0.221 e. The highest BCUT2D eigenvalue weighted by atomic mass is 16.1. The fourth-order valence-electron chi connectivity index (χ4n) is 2.77. The van der Waals surface area contributed by atoms with E-state index in [4.69, 9.17) is 5.73 Å². The first kappa shape index (κ1) is 16.4. The standard InChI is InChI=1S/C15H31N3O/c1-12(2)17-14(19)10-13(11-16)18-8-5-6-15(3,4)7-9-18/h12-13H,5-11,16H2,1-4H3,(H,17,19). The van der Waals surface area contributed by atoms with Gasteiger partial charge in [-0.15, -0.1) is 0 Å². The molecule has 1 aliphatic heterocycles. The molecule has 0 aromatic carbocycles. The van der Waals surface area contributed by atoms with Crippen LogP contribution in [0.5, 0.6) is 0 Å². The predicted molar refractivity (Wildman–Crippen MR) is 79.9 cm³/mol. The zero-order valence-corrected chi connectivity index (χ0v) is 13.0. The number of nitrogens with one attached hydrogen (secondary N) is 1. The van der Waals surface area contributed by atoms with Crippen LogP contribution in [0.2, 0.25) is 0 Å². The van der Waals surface area contributed by atoms with Gasteiger partial charge >= 0.3 is 0 Å². The molecule has 4 nitrogen and oxygen atoms in total. The molecule has 1 saturated heterocycles. The quantitative estimate of drug-likeness (QED) is 0.799. The van der Waals surface area contributed by atoms with Crippen LogP contribution >= 0.6 is 0 Å². The predicted octanol–water partition coefficient (Wildman–Crippen LogP) is 1.74. The minimum atomic E-state index is 0.119. The maximum Gasteiger partial charge on any atom is 0.221 e. The topological polar surface area (TPSA) is 58.4 Å². The van der Waals surface area contributed by atoms with Crippen LogP contribution in [0.3, 0.4) is 0 Å². The van der Waals surface area contributed by atoms with Gasteiger partial charge in [0, 0.05) is 25.0 Å². The Hall–Kier alpha value is -0.610. The Morgan fingerprint density at radius 2 is 2.00 bits per heavy atom. The van der Waals surface area contributed by atoms with E-state index in [9.17, 15) is 4.79 Å². The first-order valence-corrected chi connectivity index (χ1v) is 7.57. The van der Waals surface area contributed by atoms with Crippen molar-refractivity contribution in [3.8, 4) is 0 Å². The van der Waals surface area contributed by atoms with E-state index in [1.54, 1.807) is 0 Å². The molecule has 0 aliphatic carbocycles. The summed E-state index contributed by atoms with van der Waals surface area (Å²) in [5, 5.41) is 2.96. The SMILES string of the molecule is CC(C)NC(=O)CC(CN)N1CCCC(C)(C)CC1. The summed E-state index contributed by atoms with van der Waals surface area (Å²) in [7, 11) is 0. The molecule has 1 amide bonds. The van der Waals surface area contributed by atoms with E-state index in [-0.39, 0.29) is 18.0 Å². The fraction of sp³-hybridized carbons (Fsp3) is 0.933. The molecule has 0 saturated carbocycles. The van der Waals surface area contributed by atoms with Crippen molar-refractivity contribution in [3.63, 3.8) is 0 Å². The molecule has 0 aromatic heterocycles. The highest BCUT2D eigenvalue weighted by Gasteiger charge is 2.27. The molecule has 0 radical (unpaired) electrons. The highest BCUT2D eigenvalue weighted by Crippen LogP contribution is 2.30. The molecular formula is C15H31N3O. The second kappa shape index (κ2) is 7.25. The molecule has 1 fully saturated rings. The zero-order chi connectivity index (χ0) is 14.5. The first-order valence-electron chi connectivity index (χ1n) is 7.57. The van der Waals surface area contributed by atoms with Crippen LogP contribution in [0.4, 0.5) is 0 Å². The van der Waals surface area contributed by atoms with Gasteiger partial charge in [0.25, 0.3) is 0 Å². The second-order valence-electron chi connectivity index (χ2n) is 6.87. The van der Waals surface area contributed by atoms with E-state index < -0.39 is 0 Å². The van der Waals surface area contributed by atoms with Crippen molar-refractivity contribution in [2.45, 2.75) is 65.5 Å². The fourth-order valence-corrected chi connectivity index (χ4v) is 2.77. The molecule has 4 heteroatoms. The van der Waals surface area contributed by atoms with Gasteiger partial charge < -0.3 is 11.1 Å². The van der Waals surface area contributed by atoms with Gasteiger partial charge in [-0.05, 0) is 51.6 Å². The number of hydrogen-bond donors (Lipinski definition) is 2. The molecule has 1 heterocycles. The maximum absolute atomic E-state index is 11.9. The molecule has 0 aromatic rings. The van der Waals surface area contributed by atoms with Crippen LogP contribution in [0.1, 0.15) is 53.4 Å². The lowest BCUT2D eigenvalue weighted by Gasteiger charge is -2.30. The van der Waals surface area contributed by atoms with Crippen LogP contribution in [0, 0.1) is 5.41 Å². The Morgan fingerprint density at radius 3 is 2.58 bits per heavy atom. The molecule has 0 bridgehead atoms. The van der Waals surface area contributed by atoms with E-state index >= 15 is 0 Å². The van der Waals surface area contributed by atoms with Gasteiger partial charge in [0.1, 0.15) is 0 Å². The van der Waals surface area contributed by atoms with E-state index in [1.807, 2.05) is 13.8 Å². The number of likely N-dealkylation sites (tertiary alicyclic amines) is 1. The van der Waals surface area contributed by atoms with Crippen molar-refractivity contribution in [2.75, 3.05) is 19.6 Å². The van der Waals surface area contributed by atoms with E-state index in [2.05, 4.69) is 24.1 Å². The third-order valence-corrected chi connectivity index (χ3v) is 4.03. The highest BCUT2D eigenvalue weighted by molar-refractivity contribution is 5.76. The van der Waals surface area contributed by atoms with Crippen molar-refractivity contribution in [1.82, 2.24) is 10.2 Å². The minimum Gasteiger partial charge on any atom is -0.354 e. The molecule has 1 unspecified atom stereocenters. The summed E-state index contributed by atoms with van der Waals surface area (Å²) < 4.78 is 0. The summed E-state index contributed by atoms with van der Waals surface area (Å²) >= 11 is 0. The van der Waals surface area contributed by atoms with E-state index in [0.29, 0.717) is 18.4 Å². The van der Waals surface area contributed by atoms with Crippen molar-refractivity contribution in [1.29, 1.82) is 0 Å². The number of amides is 1. The largest absolute Gasteiger partial charge is 0.354 e. The minimum absolute atomic E-state index is 0.119. The normalized spacial score (nSPS) is 22.0. The van der Waals surface area contributed by atoms with Crippen LogP contribution in [0.15, 0.2) is 0 Å². The zero-order valence-electron chi connectivity index (χ0n) is 13.0. The van der Waals surface area contributed by atoms with E-state index in [0.717, 1.165) is 13.1 Å². The van der Waals surface area contributed by atoms with Crippen molar-refractivity contribution < 1.29 is 4.79 Å². The molecular weight excluding hydrogens is 238 g/mol. The molecule has 1 atom stereocenters. The second-order valence-corrected chi connectivity index (χ2v) is 6.87. The third kappa shape index (κ3) is 5.91. The van der Waals surface area contributed by atoms with Crippen molar-refractivity contribution in [2.24, 2.45) is 11.1 Å². The maximum atomic E-state index is 11.9. The van der Waals surface area contributed by atoms with Crippen LogP contribution in [-0.2, 0) is 4.79 Å². The number of rotatable bonds is 5. The molecule has 112 valence electrons. The molecule has 1 rings (SSSR count).